The van der Waals surface area contributed by atoms with E-state index in [2.05, 4.69) is 0 Å². The first-order chi connectivity index (χ1) is 12.2. The average Bonchev–Trinajstić information content (AvgIpc) is 2.56. The highest BCUT2D eigenvalue weighted by atomic mass is 16.6. The van der Waals surface area contributed by atoms with Gasteiger partial charge < -0.3 is 4.74 Å². The van der Waals surface area contributed by atoms with Crippen LogP contribution < -0.4 is 0 Å². The fourth-order valence-electron chi connectivity index (χ4n) is 2.94. The Morgan fingerprint density at radius 2 is 1.54 bits per heavy atom. The smallest absolute Gasteiger partial charge is 0.343 e. The number of ether oxygens (including phenoxy) is 1. The molecule has 1 aliphatic rings. The van der Waals surface area contributed by atoms with Gasteiger partial charge in [-0.1, -0.05) is 48.0 Å². The number of esters is 1. The Labute approximate surface area is 152 Å². The van der Waals surface area contributed by atoms with Crippen molar-refractivity contribution in [2.75, 3.05) is 0 Å². The summed E-state index contributed by atoms with van der Waals surface area (Å²) in [5.74, 6) is -1.59. The summed E-state index contributed by atoms with van der Waals surface area (Å²) in [4.78, 5) is 39.0. The summed E-state index contributed by atoms with van der Waals surface area (Å²) in [7, 11) is 0. The van der Waals surface area contributed by atoms with Crippen LogP contribution in [0.5, 0.6) is 0 Å². The normalized spacial score (nSPS) is 14.3. The van der Waals surface area contributed by atoms with Gasteiger partial charge in [0.05, 0.1) is 0 Å². The zero-order valence-electron chi connectivity index (χ0n) is 15.3. The van der Waals surface area contributed by atoms with Gasteiger partial charge >= 0.3 is 5.97 Å². The first-order valence-corrected chi connectivity index (χ1v) is 8.42. The Bertz CT molecular complexity index is 944. The number of rotatable bonds is 2. The fraction of sp³-hybridized carbons (Fsp3) is 0.227. The molecule has 0 aliphatic heterocycles. The van der Waals surface area contributed by atoms with Gasteiger partial charge in [0.2, 0.25) is 5.78 Å². The third-order valence-corrected chi connectivity index (χ3v) is 4.03. The number of benzene rings is 2. The Morgan fingerprint density at radius 3 is 2.15 bits per heavy atom. The van der Waals surface area contributed by atoms with Gasteiger partial charge in [-0.15, -0.1) is 0 Å². The van der Waals surface area contributed by atoms with Crippen LogP contribution in [0.15, 0.2) is 54.1 Å². The van der Waals surface area contributed by atoms with Crippen molar-refractivity contribution < 1.29 is 19.1 Å². The van der Waals surface area contributed by atoms with Crippen LogP contribution in [0.4, 0.5) is 0 Å². The summed E-state index contributed by atoms with van der Waals surface area (Å²) in [5.41, 5.74) is 1.08. The molecule has 0 spiro atoms. The van der Waals surface area contributed by atoms with E-state index in [1.165, 1.54) is 0 Å². The predicted octanol–water partition coefficient (Wildman–Crippen LogP) is 4.17. The lowest BCUT2D eigenvalue weighted by molar-refractivity contribution is -0.149. The van der Waals surface area contributed by atoms with Crippen molar-refractivity contribution >= 4 is 23.1 Å². The molecule has 132 valence electrons. The van der Waals surface area contributed by atoms with E-state index in [1.807, 2.05) is 13.0 Å². The van der Waals surface area contributed by atoms with Crippen LogP contribution in [0, 0.1) is 6.92 Å². The molecule has 0 amide bonds. The highest BCUT2D eigenvalue weighted by Gasteiger charge is 2.38. The van der Waals surface area contributed by atoms with Crippen molar-refractivity contribution in [2.45, 2.75) is 33.3 Å². The van der Waals surface area contributed by atoms with Crippen molar-refractivity contribution in [3.8, 4) is 0 Å². The zero-order valence-corrected chi connectivity index (χ0v) is 15.3. The summed E-state index contributed by atoms with van der Waals surface area (Å²) in [6.07, 6.45) is 0. The summed E-state index contributed by atoms with van der Waals surface area (Å²) >= 11 is 0. The maximum Gasteiger partial charge on any atom is 0.343 e. The van der Waals surface area contributed by atoms with Crippen LogP contribution in [-0.2, 0) is 9.53 Å². The first-order valence-electron chi connectivity index (χ1n) is 8.42. The van der Waals surface area contributed by atoms with E-state index in [1.54, 1.807) is 63.2 Å². The number of allylic oxidation sites excluding steroid dienone is 1. The number of aryl methyl sites for hydroxylation is 1. The molecule has 0 aromatic heterocycles. The van der Waals surface area contributed by atoms with Crippen molar-refractivity contribution in [2.24, 2.45) is 0 Å². The molecule has 0 fully saturated rings. The molecule has 2 aromatic carbocycles. The van der Waals surface area contributed by atoms with E-state index in [9.17, 15) is 14.4 Å². The number of Topliss-reactive ketones (excluding diaryl/α,β-unsaturated/α-hetero) is 2. The van der Waals surface area contributed by atoms with Crippen molar-refractivity contribution in [1.29, 1.82) is 0 Å². The Balaban J connectivity index is 2.26. The maximum atomic E-state index is 13.2. The second kappa shape index (κ2) is 6.37. The lowest BCUT2D eigenvalue weighted by Crippen LogP contribution is -2.31. The van der Waals surface area contributed by atoms with Gasteiger partial charge in [0.15, 0.2) is 5.78 Å². The Morgan fingerprint density at radius 1 is 0.885 bits per heavy atom. The molecule has 26 heavy (non-hydrogen) atoms. The molecular weight excluding hydrogens is 328 g/mol. The van der Waals surface area contributed by atoms with Crippen molar-refractivity contribution in [3.05, 3.63) is 76.4 Å². The van der Waals surface area contributed by atoms with Gasteiger partial charge in [-0.2, -0.15) is 0 Å². The van der Waals surface area contributed by atoms with Crippen LogP contribution in [0.25, 0.3) is 5.57 Å². The third kappa shape index (κ3) is 3.23. The monoisotopic (exact) mass is 348 g/mol. The van der Waals surface area contributed by atoms with E-state index in [-0.39, 0.29) is 22.5 Å². The van der Waals surface area contributed by atoms with Gasteiger partial charge in [0, 0.05) is 16.7 Å². The molecule has 4 nitrogen and oxygen atoms in total. The molecule has 0 saturated carbocycles. The Kier molecular flexibility index (Phi) is 4.36. The largest absolute Gasteiger partial charge is 0.456 e. The standard InChI is InChI=1S/C22H20O4/c1-13-10-11-15-16(12-13)20(24)17(14-8-6-5-7-9-14)18(19(15)23)21(25)26-22(2,3)4/h5-12H,1-4H3. The molecule has 3 rings (SSSR count). The zero-order chi connectivity index (χ0) is 19.1. The van der Waals surface area contributed by atoms with Gasteiger partial charge in [0.1, 0.15) is 11.2 Å². The van der Waals surface area contributed by atoms with Crippen LogP contribution in [0.2, 0.25) is 0 Å². The molecule has 0 atom stereocenters. The minimum absolute atomic E-state index is 0.1000. The number of carbonyl (C=O) groups excluding carboxylic acids is 3. The number of hydrogen-bond donors (Lipinski definition) is 0. The number of fused-ring (bicyclic) bond motifs is 1. The van der Waals surface area contributed by atoms with Crippen LogP contribution in [0.1, 0.15) is 52.6 Å². The van der Waals surface area contributed by atoms with E-state index in [0.29, 0.717) is 11.1 Å². The molecule has 0 saturated heterocycles. The van der Waals surface area contributed by atoms with Gasteiger partial charge in [0.25, 0.3) is 0 Å². The lowest BCUT2D eigenvalue weighted by atomic mass is 9.80. The van der Waals surface area contributed by atoms with Crippen LogP contribution in [0.3, 0.4) is 0 Å². The van der Waals surface area contributed by atoms with Crippen molar-refractivity contribution in [3.63, 3.8) is 0 Å². The number of hydrogen-bond acceptors (Lipinski definition) is 4. The average molecular weight is 348 g/mol. The van der Waals surface area contributed by atoms with Crippen LogP contribution >= 0.6 is 0 Å². The molecule has 0 N–H and O–H groups in total. The molecule has 1 aliphatic carbocycles. The first kappa shape index (κ1) is 17.8. The lowest BCUT2D eigenvalue weighted by Gasteiger charge is -2.24. The molecule has 2 aromatic rings. The van der Waals surface area contributed by atoms with E-state index in [0.717, 1.165) is 5.56 Å². The molecular formula is C22H20O4. The third-order valence-electron chi connectivity index (χ3n) is 4.03. The minimum atomic E-state index is -0.777. The van der Waals surface area contributed by atoms with Crippen LogP contribution in [-0.4, -0.2) is 23.1 Å². The molecule has 0 radical (unpaired) electrons. The van der Waals surface area contributed by atoms with E-state index >= 15 is 0 Å². The molecule has 0 bridgehead atoms. The molecule has 4 heteroatoms. The van der Waals surface area contributed by atoms with Gasteiger partial charge in [-0.05, 0) is 39.3 Å². The summed E-state index contributed by atoms with van der Waals surface area (Å²) in [5, 5.41) is 0. The summed E-state index contributed by atoms with van der Waals surface area (Å²) < 4.78 is 5.42. The maximum absolute atomic E-state index is 13.2. The molecule has 0 unspecified atom stereocenters. The highest BCUT2D eigenvalue weighted by Crippen LogP contribution is 2.34. The molecule has 0 heterocycles. The van der Waals surface area contributed by atoms with E-state index < -0.39 is 17.4 Å². The number of carbonyl (C=O) groups is 3. The van der Waals surface area contributed by atoms with E-state index in [4.69, 9.17) is 4.74 Å². The highest BCUT2D eigenvalue weighted by molar-refractivity contribution is 6.46. The minimum Gasteiger partial charge on any atom is -0.456 e. The number of ketones is 2. The summed E-state index contributed by atoms with van der Waals surface area (Å²) in [6.45, 7) is 7.02. The summed E-state index contributed by atoms with van der Waals surface area (Å²) in [6, 6.07) is 13.8. The SMILES string of the molecule is Cc1ccc2c(c1)C(=O)C(c1ccccc1)=C(C(=O)OC(C)(C)C)C2=O. The predicted molar refractivity (Wildman–Crippen MR) is 99.0 cm³/mol. The van der Waals surface area contributed by atoms with Gasteiger partial charge in [-0.3, -0.25) is 9.59 Å². The second-order valence-electron chi connectivity index (χ2n) is 7.33. The quantitative estimate of drug-likeness (QED) is 0.604. The second-order valence-corrected chi connectivity index (χ2v) is 7.33. The topological polar surface area (TPSA) is 60.4 Å². The Hall–Kier alpha value is -3.01. The van der Waals surface area contributed by atoms with Crippen molar-refractivity contribution in [1.82, 2.24) is 0 Å². The van der Waals surface area contributed by atoms with Gasteiger partial charge in [-0.25, -0.2) is 4.79 Å². The fourth-order valence-corrected chi connectivity index (χ4v) is 2.94.